The minimum Gasteiger partial charge on any atom is -0.462 e. The summed E-state index contributed by atoms with van der Waals surface area (Å²) in [6.45, 7) is 4.19. The van der Waals surface area contributed by atoms with Gasteiger partial charge in [0.05, 0.1) is 6.61 Å². The molecule has 0 heterocycles. The first-order valence-electron chi connectivity index (χ1n) is 30.2. The maximum absolute atomic E-state index is 12.3. The van der Waals surface area contributed by atoms with Crippen LogP contribution >= 0.6 is 0 Å². The second-order valence-corrected chi connectivity index (χ2v) is 20.8. The Kier molecular flexibility index (Phi) is 56.8. The standard InChI is InChI=1S/C61H118O5/c1-3-5-7-9-11-13-15-17-19-20-21-22-23-24-25-26-27-28-29-30-31-32-33-34-35-36-37-38-39-40-42-44-46-48-50-52-54-56-61(64)66-59(57-62)58-65-60(63)55-53-51-49-47-45-43-41-18-16-14-12-10-8-6-4-2/h20-21,59,62H,3-19,22-58H2,1-2H3/b21-20-. The lowest BCUT2D eigenvalue weighted by Crippen LogP contribution is -2.28. The van der Waals surface area contributed by atoms with Crippen molar-refractivity contribution in [3.63, 3.8) is 0 Å². The smallest absolute Gasteiger partial charge is 0.306 e. The minimum atomic E-state index is -0.765. The molecule has 66 heavy (non-hydrogen) atoms. The molecule has 0 aromatic heterocycles. The average Bonchev–Trinajstić information content (AvgIpc) is 3.32. The summed E-state index contributed by atoms with van der Waals surface area (Å²) in [7, 11) is 0. The second kappa shape index (κ2) is 58.0. The van der Waals surface area contributed by atoms with Crippen molar-refractivity contribution >= 4 is 11.9 Å². The molecule has 0 saturated heterocycles. The molecule has 0 aromatic rings. The monoisotopic (exact) mass is 931 g/mol. The summed E-state index contributed by atoms with van der Waals surface area (Å²) in [6.07, 6.45) is 72.2. The van der Waals surface area contributed by atoms with Gasteiger partial charge in [-0.25, -0.2) is 0 Å². The van der Waals surface area contributed by atoms with Crippen molar-refractivity contribution in [1.29, 1.82) is 0 Å². The maximum Gasteiger partial charge on any atom is 0.306 e. The summed E-state index contributed by atoms with van der Waals surface area (Å²) in [5.74, 6) is -0.567. The van der Waals surface area contributed by atoms with Gasteiger partial charge in [-0.05, 0) is 38.5 Å². The number of allylic oxidation sites excluding steroid dienone is 2. The summed E-state index contributed by atoms with van der Waals surface area (Å²) >= 11 is 0. The highest BCUT2D eigenvalue weighted by Gasteiger charge is 2.16. The van der Waals surface area contributed by atoms with Gasteiger partial charge in [-0.1, -0.05) is 309 Å². The molecule has 0 bridgehead atoms. The first-order valence-corrected chi connectivity index (χ1v) is 30.2. The number of esters is 2. The third-order valence-electron chi connectivity index (χ3n) is 14.1. The molecular weight excluding hydrogens is 813 g/mol. The molecule has 0 aliphatic heterocycles. The van der Waals surface area contributed by atoms with E-state index in [0.717, 1.165) is 32.1 Å². The van der Waals surface area contributed by atoms with Crippen molar-refractivity contribution in [2.45, 2.75) is 354 Å². The molecule has 1 N–H and O–H groups in total. The van der Waals surface area contributed by atoms with Crippen molar-refractivity contribution in [3.8, 4) is 0 Å². The first-order chi connectivity index (χ1) is 32.6. The van der Waals surface area contributed by atoms with Gasteiger partial charge in [-0.2, -0.15) is 0 Å². The van der Waals surface area contributed by atoms with Gasteiger partial charge in [0.25, 0.3) is 0 Å². The first kappa shape index (κ1) is 64.6. The molecule has 5 nitrogen and oxygen atoms in total. The van der Waals surface area contributed by atoms with E-state index < -0.39 is 6.10 Å². The Hall–Kier alpha value is -1.36. The number of carbonyl (C=O) groups is 2. The van der Waals surface area contributed by atoms with Crippen LogP contribution in [0.3, 0.4) is 0 Å². The highest BCUT2D eigenvalue weighted by Crippen LogP contribution is 2.18. The Morgan fingerprint density at radius 1 is 0.333 bits per heavy atom. The van der Waals surface area contributed by atoms with E-state index >= 15 is 0 Å². The number of hydrogen-bond donors (Lipinski definition) is 1. The molecule has 5 heteroatoms. The minimum absolute atomic E-state index is 0.0570. The van der Waals surface area contributed by atoms with Crippen LogP contribution in [-0.2, 0) is 19.1 Å². The molecule has 1 atom stereocenters. The predicted octanol–water partition coefficient (Wildman–Crippen LogP) is 20.3. The van der Waals surface area contributed by atoms with Gasteiger partial charge in [0, 0.05) is 12.8 Å². The van der Waals surface area contributed by atoms with Gasteiger partial charge in [-0.15, -0.1) is 0 Å². The molecule has 0 rings (SSSR count). The Morgan fingerprint density at radius 3 is 0.818 bits per heavy atom. The Labute approximate surface area is 413 Å². The van der Waals surface area contributed by atoms with E-state index in [1.807, 2.05) is 0 Å². The fraction of sp³-hybridized carbons (Fsp3) is 0.934. The van der Waals surface area contributed by atoms with Gasteiger partial charge in [-0.3, -0.25) is 9.59 Å². The van der Waals surface area contributed by atoms with Crippen LogP contribution in [0.15, 0.2) is 12.2 Å². The molecule has 1 unspecified atom stereocenters. The van der Waals surface area contributed by atoms with Crippen LogP contribution in [0.5, 0.6) is 0 Å². The van der Waals surface area contributed by atoms with Crippen molar-refractivity contribution < 1.29 is 24.2 Å². The third-order valence-corrected chi connectivity index (χ3v) is 14.1. The predicted molar refractivity (Wildman–Crippen MR) is 288 cm³/mol. The Morgan fingerprint density at radius 2 is 0.561 bits per heavy atom. The molecule has 0 radical (unpaired) electrons. The topological polar surface area (TPSA) is 72.8 Å². The summed E-state index contributed by atoms with van der Waals surface area (Å²) < 4.78 is 10.7. The van der Waals surface area contributed by atoms with Crippen LogP contribution in [0.4, 0.5) is 0 Å². The lowest BCUT2D eigenvalue weighted by Gasteiger charge is -2.15. The molecule has 0 saturated carbocycles. The van der Waals surface area contributed by atoms with E-state index in [9.17, 15) is 14.7 Å². The number of hydrogen-bond acceptors (Lipinski definition) is 5. The molecule has 0 spiro atoms. The Bertz CT molecular complexity index is 963. The van der Waals surface area contributed by atoms with Crippen LogP contribution in [-0.4, -0.2) is 36.4 Å². The molecular formula is C61H118O5. The molecule has 0 aliphatic rings. The van der Waals surface area contributed by atoms with Crippen LogP contribution in [0.25, 0.3) is 0 Å². The van der Waals surface area contributed by atoms with Crippen molar-refractivity contribution in [2.75, 3.05) is 13.2 Å². The lowest BCUT2D eigenvalue weighted by atomic mass is 10.0. The molecule has 0 aliphatic carbocycles. The van der Waals surface area contributed by atoms with Crippen LogP contribution in [0.1, 0.15) is 348 Å². The van der Waals surface area contributed by atoms with Crippen molar-refractivity contribution in [3.05, 3.63) is 12.2 Å². The number of aliphatic hydroxyl groups excluding tert-OH is 1. The Balaban J connectivity index is 3.35. The highest BCUT2D eigenvalue weighted by atomic mass is 16.6. The van der Waals surface area contributed by atoms with Crippen molar-refractivity contribution in [2.24, 2.45) is 0 Å². The van der Waals surface area contributed by atoms with E-state index in [1.54, 1.807) is 0 Å². The van der Waals surface area contributed by atoms with Crippen LogP contribution in [0.2, 0.25) is 0 Å². The zero-order chi connectivity index (χ0) is 47.7. The normalized spacial score (nSPS) is 12.1. The van der Waals surface area contributed by atoms with Gasteiger partial charge >= 0.3 is 11.9 Å². The number of carbonyl (C=O) groups excluding carboxylic acids is 2. The van der Waals surface area contributed by atoms with Crippen LogP contribution in [0, 0.1) is 0 Å². The fourth-order valence-corrected chi connectivity index (χ4v) is 9.50. The van der Waals surface area contributed by atoms with Gasteiger partial charge in [0.15, 0.2) is 6.10 Å². The van der Waals surface area contributed by atoms with E-state index in [4.69, 9.17) is 9.47 Å². The number of ether oxygens (including phenoxy) is 2. The second-order valence-electron chi connectivity index (χ2n) is 20.8. The SMILES string of the molecule is CCCCCCCCCC/C=C\CCCCCCCCCCCCCCCCCCCCCCCCCCCC(=O)OC(CO)COC(=O)CCCCCCCCCCCCCCCCC. The van der Waals surface area contributed by atoms with E-state index in [0.29, 0.717) is 12.8 Å². The zero-order valence-corrected chi connectivity index (χ0v) is 45.0. The number of aliphatic hydroxyl groups is 1. The van der Waals surface area contributed by atoms with Gasteiger partial charge < -0.3 is 14.6 Å². The molecule has 0 amide bonds. The third kappa shape index (κ3) is 55.2. The largest absolute Gasteiger partial charge is 0.462 e. The lowest BCUT2D eigenvalue weighted by molar-refractivity contribution is -0.161. The summed E-state index contributed by atoms with van der Waals surface area (Å²) in [4.78, 5) is 24.5. The summed E-state index contributed by atoms with van der Waals surface area (Å²) in [6, 6.07) is 0. The van der Waals surface area contributed by atoms with E-state index in [-0.39, 0.29) is 25.2 Å². The van der Waals surface area contributed by atoms with Crippen molar-refractivity contribution in [1.82, 2.24) is 0 Å². The molecule has 0 fully saturated rings. The van der Waals surface area contributed by atoms with Crippen LogP contribution < -0.4 is 0 Å². The van der Waals surface area contributed by atoms with Gasteiger partial charge in [0.1, 0.15) is 6.61 Å². The molecule has 392 valence electrons. The average molecular weight is 932 g/mol. The van der Waals surface area contributed by atoms with E-state index in [1.165, 1.54) is 289 Å². The number of rotatable bonds is 57. The maximum atomic E-state index is 12.3. The highest BCUT2D eigenvalue weighted by molar-refractivity contribution is 5.70. The zero-order valence-electron chi connectivity index (χ0n) is 45.0. The summed E-state index contributed by atoms with van der Waals surface area (Å²) in [5.41, 5.74) is 0. The summed E-state index contributed by atoms with van der Waals surface area (Å²) in [5, 5.41) is 9.64. The quantitative estimate of drug-likeness (QED) is 0.0374. The number of unbranched alkanes of at least 4 members (excludes halogenated alkanes) is 47. The molecule has 0 aromatic carbocycles. The fourth-order valence-electron chi connectivity index (χ4n) is 9.50. The van der Waals surface area contributed by atoms with Gasteiger partial charge in [0.2, 0.25) is 0 Å². The van der Waals surface area contributed by atoms with E-state index in [2.05, 4.69) is 26.0 Å².